The van der Waals surface area contributed by atoms with Crippen molar-refractivity contribution in [3.63, 3.8) is 0 Å². The number of amides is 2. The van der Waals surface area contributed by atoms with Gasteiger partial charge in [-0.3, -0.25) is 14.5 Å². The quantitative estimate of drug-likeness (QED) is 0.419. The predicted octanol–water partition coefficient (Wildman–Crippen LogP) is 4.77. The molecule has 210 valence electrons. The SMILES string of the molecule is COc1ccc(N(C(=O)[C@@H]2COc3ccccc3O2)[C@@H](C(=O)NC2CCCCC2)c2ccc(O)cc2)cc1OC. The van der Waals surface area contributed by atoms with Gasteiger partial charge in [-0.05, 0) is 54.8 Å². The number of para-hydroxylation sites is 2. The second-order valence-corrected chi connectivity index (χ2v) is 9.95. The molecule has 9 heteroatoms. The summed E-state index contributed by atoms with van der Waals surface area (Å²) in [5.41, 5.74) is 0.952. The molecule has 1 heterocycles. The average Bonchev–Trinajstić information content (AvgIpc) is 3.00. The molecule has 2 aliphatic rings. The van der Waals surface area contributed by atoms with E-state index in [2.05, 4.69) is 5.32 Å². The number of phenolic OH excluding ortho intramolecular Hbond substituents is 1. The van der Waals surface area contributed by atoms with E-state index in [0.717, 1.165) is 32.1 Å². The molecule has 40 heavy (non-hydrogen) atoms. The van der Waals surface area contributed by atoms with Gasteiger partial charge in [0.25, 0.3) is 5.91 Å². The zero-order valence-corrected chi connectivity index (χ0v) is 22.7. The van der Waals surface area contributed by atoms with Crippen molar-refractivity contribution >= 4 is 17.5 Å². The molecule has 1 fully saturated rings. The Balaban J connectivity index is 1.58. The number of ether oxygens (including phenoxy) is 4. The lowest BCUT2D eigenvalue weighted by molar-refractivity contribution is -0.132. The molecule has 0 aromatic heterocycles. The van der Waals surface area contributed by atoms with Crippen LogP contribution in [0.2, 0.25) is 0 Å². The minimum atomic E-state index is -1.06. The van der Waals surface area contributed by atoms with Crippen molar-refractivity contribution in [2.24, 2.45) is 0 Å². The minimum absolute atomic E-state index is 0.0179. The zero-order valence-electron chi connectivity index (χ0n) is 22.7. The topological polar surface area (TPSA) is 107 Å². The van der Waals surface area contributed by atoms with Crippen LogP contribution >= 0.6 is 0 Å². The summed E-state index contributed by atoms with van der Waals surface area (Å²) < 4.78 is 22.9. The van der Waals surface area contributed by atoms with Gasteiger partial charge in [0.2, 0.25) is 12.0 Å². The van der Waals surface area contributed by atoms with E-state index in [1.165, 1.54) is 31.3 Å². The monoisotopic (exact) mass is 546 g/mol. The van der Waals surface area contributed by atoms with Crippen molar-refractivity contribution in [1.29, 1.82) is 0 Å². The Morgan fingerprint density at radius 2 is 1.62 bits per heavy atom. The third kappa shape index (κ3) is 5.78. The first-order valence-electron chi connectivity index (χ1n) is 13.5. The van der Waals surface area contributed by atoms with Gasteiger partial charge in [-0.25, -0.2) is 0 Å². The lowest BCUT2D eigenvalue weighted by atomic mass is 9.94. The number of methoxy groups -OCH3 is 2. The fourth-order valence-corrected chi connectivity index (χ4v) is 5.28. The molecule has 0 saturated heterocycles. The largest absolute Gasteiger partial charge is 0.508 e. The number of anilines is 1. The number of phenols is 1. The maximum atomic E-state index is 14.4. The summed E-state index contributed by atoms with van der Waals surface area (Å²) >= 11 is 0. The van der Waals surface area contributed by atoms with E-state index in [1.807, 2.05) is 6.07 Å². The van der Waals surface area contributed by atoms with Crippen LogP contribution < -0.4 is 29.2 Å². The van der Waals surface area contributed by atoms with E-state index in [-0.39, 0.29) is 24.3 Å². The highest BCUT2D eigenvalue weighted by Gasteiger charge is 2.40. The van der Waals surface area contributed by atoms with Crippen molar-refractivity contribution in [2.75, 3.05) is 25.7 Å². The number of hydrogen-bond donors (Lipinski definition) is 2. The fourth-order valence-electron chi connectivity index (χ4n) is 5.28. The Morgan fingerprint density at radius 1 is 0.925 bits per heavy atom. The van der Waals surface area contributed by atoms with Crippen molar-refractivity contribution in [1.82, 2.24) is 5.32 Å². The van der Waals surface area contributed by atoms with E-state index in [0.29, 0.717) is 34.2 Å². The smallest absolute Gasteiger partial charge is 0.272 e. The Morgan fingerprint density at radius 3 is 2.33 bits per heavy atom. The molecule has 3 aromatic carbocycles. The van der Waals surface area contributed by atoms with Crippen LogP contribution in [0.1, 0.15) is 43.7 Å². The highest BCUT2D eigenvalue weighted by atomic mass is 16.6. The number of nitrogens with zero attached hydrogens (tertiary/aromatic N) is 1. The lowest BCUT2D eigenvalue weighted by Gasteiger charge is -2.36. The Labute approximate surface area is 233 Å². The van der Waals surface area contributed by atoms with E-state index >= 15 is 0 Å². The van der Waals surface area contributed by atoms with Crippen LogP contribution in [-0.4, -0.2) is 49.9 Å². The Kier molecular flexibility index (Phi) is 8.28. The molecular weight excluding hydrogens is 512 g/mol. The standard InChI is InChI=1S/C31H34N2O7/c1-37-24-17-14-22(18-27(24)38-2)33(31(36)28-19-39-25-10-6-7-11-26(25)40-28)29(20-12-15-23(34)16-13-20)30(35)32-21-8-4-3-5-9-21/h6-7,10-18,21,28-29,34H,3-5,8-9,19H2,1-2H3,(H,32,35)/t28-,29+/m0/s1. The summed E-state index contributed by atoms with van der Waals surface area (Å²) in [7, 11) is 3.04. The molecule has 0 bridgehead atoms. The highest BCUT2D eigenvalue weighted by molar-refractivity contribution is 6.04. The summed E-state index contributed by atoms with van der Waals surface area (Å²) in [6.07, 6.45) is 3.98. The maximum absolute atomic E-state index is 14.4. The predicted molar refractivity (Wildman–Crippen MR) is 149 cm³/mol. The minimum Gasteiger partial charge on any atom is -0.508 e. The Hall–Kier alpha value is -4.40. The van der Waals surface area contributed by atoms with Crippen molar-refractivity contribution in [3.05, 3.63) is 72.3 Å². The number of hydrogen-bond acceptors (Lipinski definition) is 7. The van der Waals surface area contributed by atoms with Crippen LogP contribution in [0.25, 0.3) is 0 Å². The molecular formula is C31H34N2O7. The molecule has 5 rings (SSSR count). The number of rotatable bonds is 8. The number of carbonyl (C=O) groups is 2. The molecule has 1 aliphatic carbocycles. The number of fused-ring (bicyclic) bond motifs is 1. The molecule has 0 radical (unpaired) electrons. The van der Waals surface area contributed by atoms with Crippen LogP contribution in [0, 0.1) is 0 Å². The van der Waals surface area contributed by atoms with Gasteiger partial charge in [-0.2, -0.15) is 0 Å². The maximum Gasteiger partial charge on any atom is 0.272 e. The second kappa shape index (κ2) is 12.2. The molecule has 9 nitrogen and oxygen atoms in total. The van der Waals surface area contributed by atoms with Gasteiger partial charge in [-0.1, -0.05) is 43.5 Å². The molecule has 3 aromatic rings. The van der Waals surface area contributed by atoms with Crippen molar-refractivity contribution in [2.45, 2.75) is 50.3 Å². The van der Waals surface area contributed by atoms with Gasteiger partial charge in [0.15, 0.2) is 23.0 Å². The second-order valence-electron chi connectivity index (χ2n) is 9.95. The number of benzene rings is 3. The molecule has 1 aliphatic heterocycles. The summed E-state index contributed by atoms with van der Waals surface area (Å²) in [6, 6.07) is 17.5. The van der Waals surface area contributed by atoms with Gasteiger partial charge in [0.1, 0.15) is 18.4 Å². The van der Waals surface area contributed by atoms with Gasteiger partial charge in [0.05, 0.1) is 14.2 Å². The number of nitrogens with one attached hydrogen (secondary N) is 1. The van der Waals surface area contributed by atoms with Crippen LogP contribution in [0.5, 0.6) is 28.7 Å². The fraction of sp³-hybridized carbons (Fsp3) is 0.355. The van der Waals surface area contributed by atoms with Crippen molar-refractivity contribution in [3.8, 4) is 28.7 Å². The van der Waals surface area contributed by atoms with Gasteiger partial charge in [0, 0.05) is 17.8 Å². The summed E-state index contributed by atoms with van der Waals surface area (Å²) in [6.45, 7) is -0.0216. The van der Waals surface area contributed by atoms with Crippen LogP contribution in [-0.2, 0) is 9.59 Å². The van der Waals surface area contributed by atoms with E-state index in [9.17, 15) is 14.7 Å². The zero-order chi connectivity index (χ0) is 28.1. The first kappa shape index (κ1) is 27.2. The summed E-state index contributed by atoms with van der Waals surface area (Å²) in [5.74, 6) is 1.16. The molecule has 0 spiro atoms. The van der Waals surface area contributed by atoms with Gasteiger partial charge in [-0.15, -0.1) is 0 Å². The summed E-state index contributed by atoms with van der Waals surface area (Å²) in [5, 5.41) is 13.2. The van der Waals surface area contributed by atoms with Gasteiger partial charge < -0.3 is 29.4 Å². The average molecular weight is 547 g/mol. The van der Waals surface area contributed by atoms with Crippen LogP contribution in [0.3, 0.4) is 0 Å². The molecule has 0 unspecified atom stereocenters. The van der Waals surface area contributed by atoms with Gasteiger partial charge >= 0.3 is 0 Å². The number of aromatic hydroxyl groups is 1. The van der Waals surface area contributed by atoms with E-state index < -0.39 is 18.1 Å². The molecule has 2 atom stereocenters. The lowest BCUT2D eigenvalue weighted by Crippen LogP contribution is -2.52. The van der Waals surface area contributed by atoms with Crippen LogP contribution in [0.15, 0.2) is 66.7 Å². The van der Waals surface area contributed by atoms with Crippen molar-refractivity contribution < 1.29 is 33.6 Å². The van der Waals surface area contributed by atoms with E-state index in [1.54, 1.807) is 48.5 Å². The third-order valence-corrected chi connectivity index (χ3v) is 7.33. The molecule has 2 amide bonds. The van der Waals surface area contributed by atoms with E-state index in [4.69, 9.17) is 18.9 Å². The third-order valence-electron chi connectivity index (χ3n) is 7.33. The Bertz CT molecular complexity index is 1340. The highest BCUT2D eigenvalue weighted by Crippen LogP contribution is 2.38. The summed E-state index contributed by atoms with van der Waals surface area (Å²) in [4.78, 5) is 29.9. The number of carbonyl (C=O) groups excluding carboxylic acids is 2. The first-order chi connectivity index (χ1) is 19.5. The normalized spacial score (nSPS) is 17.4. The van der Waals surface area contributed by atoms with Crippen LogP contribution in [0.4, 0.5) is 5.69 Å². The molecule has 2 N–H and O–H groups in total. The molecule has 1 saturated carbocycles. The first-order valence-corrected chi connectivity index (χ1v) is 13.5.